The second-order valence-corrected chi connectivity index (χ2v) is 3.37. The molecule has 3 heteroatoms. The maximum Gasteiger partial charge on any atom is 0.0640 e. The second kappa shape index (κ2) is 3.29. The first-order chi connectivity index (χ1) is 5.88. The Morgan fingerprint density at radius 1 is 1.50 bits per heavy atom. The molecular weight excluding hydrogens is 150 g/mol. The molecule has 12 heavy (non-hydrogen) atoms. The molecule has 0 spiro atoms. The molecule has 0 bridgehead atoms. The number of hydrazine groups is 1. The third-order valence-corrected chi connectivity index (χ3v) is 2.53. The van der Waals surface area contributed by atoms with Crippen LogP contribution in [0, 0.1) is 0 Å². The Hall–Kier alpha value is -0.800. The predicted molar refractivity (Wildman–Crippen MR) is 48.3 cm³/mol. The summed E-state index contributed by atoms with van der Waals surface area (Å²) in [5.74, 6) is 5.88. The second-order valence-electron chi connectivity index (χ2n) is 3.37. The molecule has 1 aliphatic rings. The minimum atomic E-state index is 0.411. The van der Waals surface area contributed by atoms with Crippen molar-refractivity contribution in [1.29, 1.82) is 0 Å². The third-order valence-electron chi connectivity index (χ3n) is 2.53. The van der Waals surface area contributed by atoms with E-state index in [0.29, 0.717) is 6.04 Å². The predicted octanol–water partition coefficient (Wildman–Crippen LogP) is 1.42. The summed E-state index contributed by atoms with van der Waals surface area (Å²) in [5, 5.41) is 1.94. The van der Waals surface area contributed by atoms with Gasteiger partial charge in [0.2, 0.25) is 0 Å². The molecular formula is C9H15N3. The highest BCUT2D eigenvalue weighted by Gasteiger charge is 2.21. The highest BCUT2D eigenvalue weighted by atomic mass is 15.4. The average Bonchev–Trinajstić information content (AvgIpc) is 2.57. The van der Waals surface area contributed by atoms with Crippen LogP contribution in [0.4, 0.5) is 0 Å². The number of aromatic nitrogens is 1. The Morgan fingerprint density at radius 3 is 3.08 bits per heavy atom. The van der Waals surface area contributed by atoms with Gasteiger partial charge in [0.25, 0.3) is 0 Å². The first-order valence-electron chi connectivity index (χ1n) is 4.52. The lowest BCUT2D eigenvalue weighted by Crippen LogP contribution is -2.39. The Morgan fingerprint density at radius 2 is 2.42 bits per heavy atom. The van der Waals surface area contributed by atoms with Crippen LogP contribution >= 0.6 is 0 Å². The fourth-order valence-electron chi connectivity index (χ4n) is 1.84. The van der Waals surface area contributed by atoms with E-state index in [1.54, 1.807) is 0 Å². The number of nitrogens with two attached hydrogens (primary N) is 1. The molecule has 1 saturated heterocycles. The molecule has 1 atom stereocenters. The first kappa shape index (κ1) is 7.83. The Labute approximate surface area is 72.5 Å². The van der Waals surface area contributed by atoms with Crippen molar-refractivity contribution in [3.63, 3.8) is 0 Å². The maximum absolute atomic E-state index is 5.88. The van der Waals surface area contributed by atoms with Crippen LogP contribution in [0.5, 0.6) is 0 Å². The van der Waals surface area contributed by atoms with Crippen LogP contribution in [-0.2, 0) is 0 Å². The van der Waals surface area contributed by atoms with E-state index in [1.165, 1.54) is 25.0 Å². The molecule has 1 fully saturated rings. The van der Waals surface area contributed by atoms with Crippen LogP contribution in [0.3, 0.4) is 0 Å². The summed E-state index contributed by atoms with van der Waals surface area (Å²) in [5.41, 5.74) is 1.25. The Bertz CT molecular complexity index is 230. The number of piperidine rings is 1. The molecule has 0 aliphatic carbocycles. The zero-order valence-corrected chi connectivity index (χ0v) is 7.16. The van der Waals surface area contributed by atoms with Gasteiger partial charge in [-0.25, -0.2) is 5.01 Å². The van der Waals surface area contributed by atoms with E-state index in [1.807, 2.05) is 17.3 Å². The van der Waals surface area contributed by atoms with Crippen LogP contribution in [0.2, 0.25) is 0 Å². The van der Waals surface area contributed by atoms with Crippen molar-refractivity contribution in [2.45, 2.75) is 25.3 Å². The summed E-state index contributed by atoms with van der Waals surface area (Å²) in [7, 11) is 0. The van der Waals surface area contributed by atoms with E-state index in [4.69, 9.17) is 5.84 Å². The Balaban J connectivity index is 2.11. The van der Waals surface area contributed by atoms with Crippen LogP contribution in [0.15, 0.2) is 18.3 Å². The van der Waals surface area contributed by atoms with Crippen molar-refractivity contribution in [2.24, 2.45) is 5.84 Å². The highest BCUT2D eigenvalue weighted by Crippen LogP contribution is 2.26. The van der Waals surface area contributed by atoms with Gasteiger partial charge >= 0.3 is 0 Å². The number of nitrogens with zero attached hydrogens (tertiary/aromatic N) is 1. The van der Waals surface area contributed by atoms with Gasteiger partial charge < -0.3 is 4.98 Å². The summed E-state index contributed by atoms with van der Waals surface area (Å²) < 4.78 is 0. The van der Waals surface area contributed by atoms with Gasteiger partial charge in [-0.1, -0.05) is 6.42 Å². The van der Waals surface area contributed by atoms with Gasteiger partial charge in [0.05, 0.1) is 6.04 Å². The van der Waals surface area contributed by atoms with Gasteiger partial charge in [0.15, 0.2) is 0 Å². The van der Waals surface area contributed by atoms with E-state index < -0.39 is 0 Å². The van der Waals surface area contributed by atoms with Gasteiger partial charge in [-0.05, 0) is 25.0 Å². The normalized spacial score (nSPS) is 25.9. The average molecular weight is 165 g/mol. The summed E-state index contributed by atoms with van der Waals surface area (Å²) >= 11 is 0. The van der Waals surface area contributed by atoms with Gasteiger partial charge in [-0.2, -0.15) is 0 Å². The molecule has 0 amide bonds. The summed E-state index contributed by atoms with van der Waals surface area (Å²) in [4.78, 5) is 3.22. The fraction of sp³-hybridized carbons (Fsp3) is 0.556. The van der Waals surface area contributed by atoms with Gasteiger partial charge in [0, 0.05) is 18.4 Å². The number of H-pyrrole nitrogens is 1. The molecule has 1 aliphatic heterocycles. The minimum Gasteiger partial charge on any atom is -0.364 e. The molecule has 2 heterocycles. The van der Waals surface area contributed by atoms with E-state index in [-0.39, 0.29) is 0 Å². The summed E-state index contributed by atoms with van der Waals surface area (Å²) in [6, 6.07) is 4.54. The van der Waals surface area contributed by atoms with Crippen LogP contribution < -0.4 is 5.84 Å². The van der Waals surface area contributed by atoms with Gasteiger partial charge in [0.1, 0.15) is 0 Å². The Kier molecular flexibility index (Phi) is 2.15. The molecule has 0 radical (unpaired) electrons. The van der Waals surface area contributed by atoms with Crippen LogP contribution in [-0.4, -0.2) is 16.5 Å². The minimum absolute atomic E-state index is 0.411. The standard InChI is InChI=1S/C9H15N3/c10-12-7-2-1-5-9(12)8-4-3-6-11-8/h3-4,6,9,11H,1-2,5,7,10H2. The smallest absolute Gasteiger partial charge is 0.0640 e. The van der Waals surface area contributed by atoms with E-state index in [9.17, 15) is 0 Å². The van der Waals surface area contributed by atoms with Crippen LogP contribution in [0.1, 0.15) is 31.0 Å². The molecule has 1 aromatic heterocycles. The number of hydrogen-bond donors (Lipinski definition) is 2. The lowest BCUT2D eigenvalue weighted by Gasteiger charge is -2.31. The van der Waals surface area contributed by atoms with Crippen molar-refractivity contribution >= 4 is 0 Å². The van der Waals surface area contributed by atoms with Crippen molar-refractivity contribution in [1.82, 2.24) is 9.99 Å². The summed E-state index contributed by atoms with van der Waals surface area (Å²) in [6.07, 6.45) is 5.65. The zero-order valence-electron chi connectivity index (χ0n) is 7.16. The maximum atomic E-state index is 5.88. The highest BCUT2D eigenvalue weighted by molar-refractivity contribution is 5.09. The molecule has 1 aromatic rings. The van der Waals surface area contributed by atoms with E-state index in [0.717, 1.165) is 6.54 Å². The number of rotatable bonds is 1. The van der Waals surface area contributed by atoms with Crippen molar-refractivity contribution in [3.8, 4) is 0 Å². The van der Waals surface area contributed by atoms with Crippen molar-refractivity contribution in [2.75, 3.05) is 6.54 Å². The van der Waals surface area contributed by atoms with Crippen molar-refractivity contribution < 1.29 is 0 Å². The molecule has 1 unspecified atom stereocenters. The largest absolute Gasteiger partial charge is 0.364 e. The van der Waals surface area contributed by atoms with Gasteiger partial charge in [-0.3, -0.25) is 5.84 Å². The topological polar surface area (TPSA) is 45.0 Å². The van der Waals surface area contributed by atoms with Crippen LogP contribution in [0.25, 0.3) is 0 Å². The lowest BCUT2D eigenvalue weighted by molar-refractivity contribution is 0.148. The molecule has 0 saturated carbocycles. The molecule has 66 valence electrons. The lowest BCUT2D eigenvalue weighted by atomic mass is 10.0. The van der Waals surface area contributed by atoms with Gasteiger partial charge in [-0.15, -0.1) is 0 Å². The molecule has 3 N–H and O–H groups in total. The van der Waals surface area contributed by atoms with E-state index in [2.05, 4.69) is 11.1 Å². The number of nitrogens with one attached hydrogen (secondary N) is 1. The molecule has 2 rings (SSSR count). The third kappa shape index (κ3) is 1.38. The quantitative estimate of drug-likeness (QED) is 0.618. The van der Waals surface area contributed by atoms with E-state index >= 15 is 0 Å². The monoisotopic (exact) mass is 165 g/mol. The fourth-order valence-corrected chi connectivity index (χ4v) is 1.84. The number of aromatic amines is 1. The molecule has 3 nitrogen and oxygen atoms in total. The number of hydrogen-bond acceptors (Lipinski definition) is 2. The van der Waals surface area contributed by atoms with Crippen molar-refractivity contribution in [3.05, 3.63) is 24.0 Å². The molecule has 0 aromatic carbocycles. The summed E-state index contributed by atoms with van der Waals surface area (Å²) in [6.45, 7) is 1.02. The zero-order chi connectivity index (χ0) is 8.39. The first-order valence-corrected chi connectivity index (χ1v) is 4.52. The SMILES string of the molecule is NN1CCCCC1c1ccc[nH]1.